The minimum absolute atomic E-state index is 0.848. The first kappa shape index (κ1) is 44.6. The number of benzene rings is 12. The van der Waals surface area contributed by atoms with Crippen molar-refractivity contribution < 1.29 is 4.42 Å². The summed E-state index contributed by atoms with van der Waals surface area (Å²) in [5.74, 6) is 0. The van der Waals surface area contributed by atoms with E-state index in [9.17, 15) is 0 Å². The van der Waals surface area contributed by atoms with E-state index in [0.717, 1.165) is 67.3 Å². The summed E-state index contributed by atoms with van der Waals surface area (Å²) in [6, 6.07) is 99.5. The van der Waals surface area contributed by atoms with Gasteiger partial charge in [0.15, 0.2) is 5.58 Å². The number of para-hydroxylation sites is 6. The van der Waals surface area contributed by atoms with E-state index < -0.39 is 0 Å². The Labute approximate surface area is 457 Å². The van der Waals surface area contributed by atoms with Crippen molar-refractivity contribution in [3.8, 4) is 27.9 Å². The third-order valence-corrected chi connectivity index (χ3v) is 17.8. The summed E-state index contributed by atoms with van der Waals surface area (Å²) in [4.78, 5) is 4.80. The zero-order valence-electron chi connectivity index (χ0n) is 42.0. The van der Waals surface area contributed by atoms with E-state index in [1.54, 1.807) is 0 Å². The Kier molecular flexibility index (Phi) is 10.3. The molecule has 0 unspecified atom stereocenters. The van der Waals surface area contributed by atoms with E-state index in [0.29, 0.717) is 0 Å². The van der Waals surface area contributed by atoms with Crippen molar-refractivity contribution in [2.45, 2.75) is 0 Å². The first-order valence-electron chi connectivity index (χ1n) is 26.4. The fraction of sp³-hybridized carbons (Fsp3) is 0. The molecule has 16 rings (SSSR count). The Morgan fingerprint density at radius 2 is 0.872 bits per heavy atom. The second kappa shape index (κ2) is 18.0. The summed E-state index contributed by atoms with van der Waals surface area (Å²) in [6.45, 7) is 0. The molecule has 0 bridgehead atoms. The number of rotatable bonds is 9. The van der Waals surface area contributed by atoms with Crippen molar-refractivity contribution in [2.24, 2.45) is 0 Å². The van der Waals surface area contributed by atoms with Gasteiger partial charge in [-0.05, 0) is 126 Å². The zero-order chi connectivity index (χ0) is 51.3. The minimum atomic E-state index is 0.848. The van der Waals surface area contributed by atoms with E-state index in [2.05, 4.69) is 281 Å². The third kappa shape index (κ3) is 7.11. The van der Waals surface area contributed by atoms with E-state index in [-0.39, 0.29) is 0 Å². The second-order valence-corrected chi connectivity index (χ2v) is 22.2. The Morgan fingerprint density at radius 3 is 1.76 bits per heavy atom. The molecule has 0 saturated heterocycles. The largest absolute Gasteiger partial charge is 0.454 e. The molecule has 4 nitrogen and oxygen atoms in total. The maximum atomic E-state index is 6.74. The molecule has 0 aliphatic heterocycles. The number of nitrogens with zero attached hydrogens (tertiary/aromatic N) is 3. The third-order valence-electron chi connectivity index (χ3n) is 15.6. The molecule has 0 aliphatic rings. The van der Waals surface area contributed by atoms with Crippen LogP contribution in [0.1, 0.15) is 0 Å². The lowest BCUT2D eigenvalue weighted by Crippen LogP contribution is -2.14. The van der Waals surface area contributed by atoms with Crippen LogP contribution in [-0.2, 0) is 0 Å². The molecule has 4 heterocycles. The molecular weight excluding hydrogens is 987 g/mol. The van der Waals surface area contributed by atoms with Gasteiger partial charge in [-0.2, -0.15) is 0 Å². The molecule has 12 aromatic carbocycles. The number of fused-ring (bicyclic) bond motifs is 12. The summed E-state index contributed by atoms with van der Waals surface area (Å²) in [5.41, 5.74) is 16.2. The molecule has 16 aromatic rings. The summed E-state index contributed by atoms with van der Waals surface area (Å²) in [5, 5.41) is 9.74. The molecule has 6 heteroatoms. The number of hydrogen-bond donors (Lipinski definition) is 0. The molecule has 0 radical (unpaired) electrons. The van der Waals surface area contributed by atoms with Crippen molar-refractivity contribution in [3.63, 3.8) is 0 Å². The van der Waals surface area contributed by atoms with Gasteiger partial charge in [0.05, 0.1) is 22.4 Å². The Hall–Kier alpha value is -9.72. The van der Waals surface area contributed by atoms with Crippen molar-refractivity contribution in [1.29, 1.82) is 0 Å². The summed E-state index contributed by atoms with van der Waals surface area (Å²) in [7, 11) is 0. The molecule has 0 atom stereocenters. The van der Waals surface area contributed by atoms with Crippen LogP contribution in [-0.4, -0.2) is 4.57 Å². The quantitative estimate of drug-likeness (QED) is 0.144. The summed E-state index contributed by atoms with van der Waals surface area (Å²) < 4.78 is 14.2. The molecule has 78 heavy (non-hydrogen) atoms. The number of furan rings is 1. The van der Waals surface area contributed by atoms with E-state index in [4.69, 9.17) is 4.42 Å². The van der Waals surface area contributed by atoms with Crippen LogP contribution < -0.4 is 9.80 Å². The van der Waals surface area contributed by atoms with Crippen LogP contribution in [0.15, 0.2) is 277 Å². The smallest absolute Gasteiger partial charge is 0.159 e. The first-order chi connectivity index (χ1) is 38.7. The van der Waals surface area contributed by atoms with Gasteiger partial charge in [0.25, 0.3) is 0 Å². The number of anilines is 6. The van der Waals surface area contributed by atoms with Crippen molar-refractivity contribution in [2.75, 3.05) is 9.80 Å². The Balaban J connectivity index is 0.887. The van der Waals surface area contributed by atoms with Gasteiger partial charge in [-0.3, -0.25) is 0 Å². The monoisotopic (exact) mass is 1030 g/mol. The molecule has 0 N–H and O–H groups in total. The fourth-order valence-electron chi connectivity index (χ4n) is 12.1. The van der Waals surface area contributed by atoms with Crippen molar-refractivity contribution in [3.05, 3.63) is 273 Å². The van der Waals surface area contributed by atoms with E-state index >= 15 is 0 Å². The lowest BCUT2D eigenvalue weighted by molar-refractivity contribution is 0.669. The second-order valence-electron chi connectivity index (χ2n) is 20.0. The van der Waals surface area contributed by atoms with Gasteiger partial charge < -0.3 is 18.8 Å². The lowest BCUT2D eigenvalue weighted by atomic mass is 9.95. The SMILES string of the molecule is c1ccc(N(c2cccc(N(c3ccc4c(c3)sc3ccccc34)c3ccccc3-c3cccc4sc5ccc(-c6ccc7c8ccccc8n(-c8ccccc8)c7c6)cc5c34)c2)c2cccc3c2oc2ccccc23)cc1. The highest BCUT2D eigenvalue weighted by molar-refractivity contribution is 7.26. The molecule has 0 amide bonds. The predicted molar refractivity (Wildman–Crippen MR) is 334 cm³/mol. The van der Waals surface area contributed by atoms with Gasteiger partial charge >= 0.3 is 0 Å². The van der Waals surface area contributed by atoms with Crippen molar-refractivity contribution in [1.82, 2.24) is 4.57 Å². The van der Waals surface area contributed by atoms with Gasteiger partial charge in [0, 0.05) is 95.9 Å². The maximum Gasteiger partial charge on any atom is 0.159 e. The Bertz CT molecular complexity index is 5010. The normalized spacial score (nSPS) is 11.8. The van der Waals surface area contributed by atoms with E-state index in [1.165, 1.54) is 78.8 Å². The van der Waals surface area contributed by atoms with Crippen LogP contribution in [0.2, 0.25) is 0 Å². The minimum Gasteiger partial charge on any atom is -0.454 e. The summed E-state index contributed by atoms with van der Waals surface area (Å²) in [6.07, 6.45) is 0. The molecule has 0 aliphatic carbocycles. The van der Waals surface area contributed by atoms with Crippen LogP contribution in [0.3, 0.4) is 0 Å². The topological polar surface area (TPSA) is 24.6 Å². The highest BCUT2D eigenvalue weighted by atomic mass is 32.1. The highest BCUT2D eigenvalue weighted by Gasteiger charge is 2.25. The highest BCUT2D eigenvalue weighted by Crippen LogP contribution is 2.50. The van der Waals surface area contributed by atoms with Gasteiger partial charge in [0.2, 0.25) is 0 Å². The van der Waals surface area contributed by atoms with Gasteiger partial charge in [-0.15, -0.1) is 22.7 Å². The molecule has 0 spiro atoms. The van der Waals surface area contributed by atoms with Crippen LogP contribution in [0.25, 0.3) is 112 Å². The molecule has 4 aromatic heterocycles. The van der Waals surface area contributed by atoms with Crippen LogP contribution >= 0.6 is 22.7 Å². The van der Waals surface area contributed by atoms with Crippen LogP contribution in [0, 0.1) is 0 Å². The first-order valence-corrected chi connectivity index (χ1v) is 28.0. The average molecular weight is 1030 g/mol. The number of thiophene rings is 2. The maximum absolute atomic E-state index is 6.74. The standard InChI is InChI=1S/C72H45N3OS2/c1-3-18-48(19-4-1)73(64-32-16-29-60-56-26-9-13-33-66(56)76-72(60)64)50-22-15-23-51(44-50)74(52-38-40-58-57-27-10-14-34-67(57)78-70(58)45-52)62-30-11-8-25-54(62)59-28-17-35-69-71(59)61-42-46(37-41-68(61)77-69)47-36-39-55-53-24-7-12-31-63(53)75(65(55)43-47)49-20-5-2-6-21-49/h1-45H. The molecule has 0 saturated carbocycles. The van der Waals surface area contributed by atoms with Gasteiger partial charge in [-0.1, -0.05) is 164 Å². The van der Waals surface area contributed by atoms with Gasteiger partial charge in [0.1, 0.15) is 5.58 Å². The van der Waals surface area contributed by atoms with Crippen molar-refractivity contribution >= 4 is 141 Å². The lowest BCUT2D eigenvalue weighted by Gasteiger charge is -2.30. The van der Waals surface area contributed by atoms with E-state index in [1.807, 2.05) is 28.7 Å². The van der Waals surface area contributed by atoms with Crippen LogP contribution in [0.5, 0.6) is 0 Å². The summed E-state index contributed by atoms with van der Waals surface area (Å²) >= 11 is 3.71. The molecular formula is C72H45N3OS2. The Morgan fingerprint density at radius 1 is 0.308 bits per heavy atom. The van der Waals surface area contributed by atoms with Crippen LogP contribution in [0.4, 0.5) is 34.1 Å². The average Bonchev–Trinajstić information content (AvgIpc) is 4.33. The zero-order valence-corrected chi connectivity index (χ0v) is 43.7. The molecule has 366 valence electrons. The fourth-order valence-corrected chi connectivity index (χ4v) is 14.3. The molecule has 0 fully saturated rings. The number of hydrogen-bond acceptors (Lipinski definition) is 5. The number of aromatic nitrogens is 1. The van der Waals surface area contributed by atoms with Gasteiger partial charge in [-0.25, -0.2) is 0 Å². The predicted octanol–water partition coefficient (Wildman–Crippen LogP) is 21.7.